The summed E-state index contributed by atoms with van der Waals surface area (Å²) in [6.07, 6.45) is 2.43. The fraction of sp³-hybridized carbons (Fsp3) is 0.571. The highest BCUT2D eigenvalue weighted by Gasteiger charge is 2.43. The molecule has 17 heavy (non-hydrogen) atoms. The van der Waals surface area contributed by atoms with Crippen LogP contribution in [0.25, 0.3) is 0 Å². The SMILES string of the molecule is CN1CC(c2ccc(C3(CN)CC3)cc2Cl)C1. The van der Waals surface area contributed by atoms with Crippen LogP contribution in [-0.4, -0.2) is 31.6 Å². The number of rotatable bonds is 3. The van der Waals surface area contributed by atoms with Crippen LogP contribution in [0.4, 0.5) is 0 Å². The Morgan fingerprint density at radius 1 is 1.41 bits per heavy atom. The molecule has 92 valence electrons. The van der Waals surface area contributed by atoms with Gasteiger partial charge in [-0.25, -0.2) is 0 Å². The quantitative estimate of drug-likeness (QED) is 0.893. The molecule has 1 aromatic carbocycles. The van der Waals surface area contributed by atoms with Crippen molar-refractivity contribution in [2.75, 3.05) is 26.7 Å². The first-order chi connectivity index (χ1) is 8.14. The summed E-state index contributed by atoms with van der Waals surface area (Å²) in [4.78, 5) is 2.32. The molecule has 1 saturated heterocycles. The van der Waals surface area contributed by atoms with Gasteiger partial charge < -0.3 is 10.6 Å². The molecule has 0 spiro atoms. The van der Waals surface area contributed by atoms with Crippen molar-refractivity contribution >= 4 is 11.6 Å². The number of benzene rings is 1. The molecule has 1 heterocycles. The highest BCUT2D eigenvalue weighted by molar-refractivity contribution is 6.31. The summed E-state index contributed by atoms with van der Waals surface area (Å²) in [5.41, 5.74) is 8.74. The normalized spacial score (nSPS) is 23.5. The Morgan fingerprint density at radius 2 is 2.12 bits per heavy atom. The predicted octanol–water partition coefficient (Wildman–Crippen LogP) is 2.36. The fourth-order valence-corrected chi connectivity index (χ4v) is 3.18. The summed E-state index contributed by atoms with van der Waals surface area (Å²) < 4.78 is 0. The van der Waals surface area contributed by atoms with Gasteiger partial charge in [0, 0.05) is 36.0 Å². The number of hydrogen-bond acceptors (Lipinski definition) is 2. The van der Waals surface area contributed by atoms with E-state index in [1.165, 1.54) is 24.0 Å². The van der Waals surface area contributed by atoms with E-state index in [0.717, 1.165) is 24.7 Å². The first-order valence-corrected chi connectivity index (χ1v) is 6.71. The van der Waals surface area contributed by atoms with Gasteiger partial charge in [0.2, 0.25) is 0 Å². The molecule has 1 aromatic rings. The molecule has 2 nitrogen and oxygen atoms in total. The summed E-state index contributed by atoms with van der Waals surface area (Å²) in [7, 11) is 2.15. The lowest BCUT2D eigenvalue weighted by Crippen LogP contribution is -2.41. The molecule has 2 N–H and O–H groups in total. The molecular formula is C14H19ClN2. The zero-order valence-electron chi connectivity index (χ0n) is 10.2. The van der Waals surface area contributed by atoms with E-state index in [-0.39, 0.29) is 5.41 Å². The van der Waals surface area contributed by atoms with E-state index >= 15 is 0 Å². The summed E-state index contributed by atoms with van der Waals surface area (Å²) in [6.45, 7) is 3.00. The molecule has 3 rings (SSSR count). The molecule has 1 saturated carbocycles. The van der Waals surface area contributed by atoms with Gasteiger partial charge in [0.25, 0.3) is 0 Å². The third kappa shape index (κ3) is 1.88. The van der Waals surface area contributed by atoms with Crippen molar-refractivity contribution in [1.82, 2.24) is 4.90 Å². The average Bonchev–Trinajstić information content (AvgIpc) is 3.06. The Bertz CT molecular complexity index is 434. The van der Waals surface area contributed by atoms with Gasteiger partial charge in [-0.1, -0.05) is 23.7 Å². The Morgan fingerprint density at radius 3 is 2.59 bits per heavy atom. The molecule has 2 aliphatic rings. The van der Waals surface area contributed by atoms with Crippen LogP contribution in [0.3, 0.4) is 0 Å². The minimum absolute atomic E-state index is 0.249. The maximum Gasteiger partial charge on any atom is 0.0444 e. The van der Waals surface area contributed by atoms with Gasteiger partial charge in [-0.15, -0.1) is 0 Å². The maximum absolute atomic E-state index is 6.42. The van der Waals surface area contributed by atoms with Crippen LogP contribution < -0.4 is 5.73 Å². The van der Waals surface area contributed by atoms with Crippen LogP contribution in [0.15, 0.2) is 18.2 Å². The molecule has 0 radical (unpaired) electrons. The summed E-state index contributed by atoms with van der Waals surface area (Å²) in [5, 5.41) is 0.931. The van der Waals surface area contributed by atoms with Gasteiger partial charge in [0.15, 0.2) is 0 Å². The topological polar surface area (TPSA) is 29.3 Å². The number of likely N-dealkylation sites (tertiary alicyclic amines) is 1. The molecule has 0 atom stereocenters. The second-order valence-corrected chi connectivity index (χ2v) is 6.05. The lowest BCUT2D eigenvalue weighted by molar-refractivity contribution is 0.190. The zero-order valence-corrected chi connectivity index (χ0v) is 11.0. The van der Waals surface area contributed by atoms with E-state index in [0.29, 0.717) is 5.92 Å². The molecule has 2 fully saturated rings. The molecular weight excluding hydrogens is 232 g/mol. The van der Waals surface area contributed by atoms with Crippen molar-refractivity contribution < 1.29 is 0 Å². The van der Waals surface area contributed by atoms with Gasteiger partial charge in [-0.2, -0.15) is 0 Å². The van der Waals surface area contributed by atoms with Crippen LogP contribution in [0.1, 0.15) is 29.9 Å². The van der Waals surface area contributed by atoms with E-state index in [4.69, 9.17) is 17.3 Å². The Balaban J connectivity index is 1.85. The third-order valence-corrected chi connectivity index (χ3v) is 4.69. The molecule has 1 aliphatic heterocycles. The van der Waals surface area contributed by atoms with Crippen molar-refractivity contribution in [3.05, 3.63) is 34.3 Å². The van der Waals surface area contributed by atoms with E-state index in [1.807, 2.05) is 0 Å². The monoisotopic (exact) mass is 250 g/mol. The highest BCUT2D eigenvalue weighted by atomic mass is 35.5. The van der Waals surface area contributed by atoms with Gasteiger partial charge in [-0.3, -0.25) is 0 Å². The summed E-state index contributed by atoms with van der Waals surface area (Å²) in [6, 6.07) is 6.60. The molecule has 1 aliphatic carbocycles. The second kappa shape index (κ2) is 3.98. The van der Waals surface area contributed by atoms with E-state index < -0.39 is 0 Å². The van der Waals surface area contributed by atoms with Gasteiger partial charge >= 0.3 is 0 Å². The fourth-order valence-electron chi connectivity index (χ4n) is 2.85. The number of nitrogens with zero attached hydrogens (tertiary/aromatic N) is 1. The first-order valence-electron chi connectivity index (χ1n) is 6.33. The molecule has 0 aromatic heterocycles. The van der Waals surface area contributed by atoms with Crippen molar-refractivity contribution in [2.45, 2.75) is 24.2 Å². The number of nitrogens with two attached hydrogens (primary N) is 1. The number of likely N-dealkylation sites (N-methyl/N-ethyl adjacent to an activating group) is 1. The molecule has 0 bridgehead atoms. The second-order valence-electron chi connectivity index (χ2n) is 5.64. The van der Waals surface area contributed by atoms with Gasteiger partial charge in [0.05, 0.1) is 0 Å². The van der Waals surface area contributed by atoms with Crippen molar-refractivity contribution in [2.24, 2.45) is 5.73 Å². The first kappa shape index (κ1) is 11.5. The minimum Gasteiger partial charge on any atom is -0.330 e. The van der Waals surface area contributed by atoms with E-state index in [9.17, 15) is 0 Å². The average molecular weight is 251 g/mol. The zero-order chi connectivity index (χ0) is 12.0. The smallest absolute Gasteiger partial charge is 0.0444 e. The van der Waals surface area contributed by atoms with E-state index in [2.05, 4.69) is 30.1 Å². The lowest BCUT2D eigenvalue weighted by Gasteiger charge is -2.37. The van der Waals surface area contributed by atoms with Crippen LogP contribution in [0.2, 0.25) is 5.02 Å². The maximum atomic E-state index is 6.42. The lowest BCUT2D eigenvalue weighted by atomic mass is 9.88. The molecule has 0 unspecified atom stereocenters. The highest BCUT2D eigenvalue weighted by Crippen LogP contribution is 2.48. The summed E-state index contributed by atoms with van der Waals surface area (Å²) >= 11 is 6.42. The van der Waals surface area contributed by atoms with Gasteiger partial charge in [0.1, 0.15) is 0 Å². The van der Waals surface area contributed by atoms with Crippen LogP contribution in [0.5, 0.6) is 0 Å². The van der Waals surface area contributed by atoms with Crippen LogP contribution in [-0.2, 0) is 5.41 Å². The van der Waals surface area contributed by atoms with Crippen LogP contribution in [0, 0.1) is 0 Å². The Kier molecular flexibility index (Phi) is 2.69. The van der Waals surface area contributed by atoms with Gasteiger partial charge in [-0.05, 0) is 37.1 Å². The molecule has 0 amide bonds. The van der Waals surface area contributed by atoms with Crippen molar-refractivity contribution in [3.63, 3.8) is 0 Å². The van der Waals surface area contributed by atoms with Crippen molar-refractivity contribution in [1.29, 1.82) is 0 Å². The predicted molar refractivity (Wildman–Crippen MR) is 71.7 cm³/mol. The van der Waals surface area contributed by atoms with Crippen molar-refractivity contribution in [3.8, 4) is 0 Å². The largest absolute Gasteiger partial charge is 0.330 e. The van der Waals surface area contributed by atoms with E-state index in [1.54, 1.807) is 0 Å². The summed E-state index contributed by atoms with van der Waals surface area (Å²) in [5.74, 6) is 0.620. The Hall–Kier alpha value is -0.570. The Labute approximate surface area is 108 Å². The van der Waals surface area contributed by atoms with Crippen LogP contribution >= 0.6 is 11.6 Å². The minimum atomic E-state index is 0.249. The number of hydrogen-bond donors (Lipinski definition) is 1. The molecule has 3 heteroatoms. The third-order valence-electron chi connectivity index (χ3n) is 4.36. The number of halogens is 1. The standard InChI is InChI=1S/C14H19ClN2/c1-17-7-10(8-17)12-3-2-11(6-13(12)15)14(9-16)4-5-14/h2-3,6,10H,4-5,7-9,16H2,1H3.